The summed E-state index contributed by atoms with van der Waals surface area (Å²) in [6.07, 6.45) is 0. The predicted molar refractivity (Wildman–Crippen MR) is 102 cm³/mol. The van der Waals surface area contributed by atoms with Crippen molar-refractivity contribution in [3.63, 3.8) is 0 Å². The Morgan fingerprint density at radius 2 is 1.92 bits per heavy atom. The highest BCUT2D eigenvalue weighted by molar-refractivity contribution is 6.32. The van der Waals surface area contributed by atoms with E-state index in [1.54, 1.807) is 23.1 Å². The van der Waals surface area contributed by atoms with E-state index in [0.29, 0.717) is 29.5 Å². The van der Waals surface area contributed by atoms with Crippen LogP contribution < -0.4 is 15.0 Å². The van der Waals surface area contributed by atoms with E-state index in [4.69, 9.17) is 16.3 Å². The van der Waals surface area contributed by atoms with Gasteiger partial charge in [-0.05, 0) is 37.3 Å². The summed E-state index contributed by atoms with van der Waals surface area (Å²) in [5.41, 5.74) is 2.53. The number of benzene rings is 2. The Labute approximate surface area is 157 Å². The molecule has 3 rings (SSSR count). The number of rotatable bonds is 5. The molecule has 0 bridgehead atoms. The standard InChI is InChI=1S/C19H20ClN3O3/c1-13-3-6-15(7-4-13)23-10-9-22(19(23)25)12-18(24)21-14-5-8-17(26-2)16(20)11-14/h3-8,11H,9-10,12H2,1-2H3,(H,21,24). The molecule has 0 saturated carbocycles. The molecule has 3 amide bonds. The molecule has 26 heavy (non-hydrogen) atoms. The van der Waals surface area contributed by atoms with Crippen LogP contribution >= 0.6 is 11.6 Å². The second-order valence-corrected chi connectivity index (χ2v) is 6.50. The predicted octanol–water partition coefficient (Wildman–Crippen LogP) is 3.54. The Hall–Kier alpha value is -2.73. The van der Waals surface area contributed by atoms with Crippen molar-refractivity contribution in [1.82, 2.24) is 4.90 Å². The SMILES string of the molecule is COc1ccc(NC(=O)CN2CCN(c3ccc(C)cc3)C2=O)cc1Cl. The molecule has 0 aliphatic carbocycles. The second kappa shape index (κ2) is 7.66. The molecule has 0 aromatic heterocycles. The number of carbonyl (C=O) groups excluding carboxylic acids is 2. The number of halogens is 1. The van der Waals surface area contributed by atoms with Crippen molar-refractivity contribution in [2.75, 3.05) is 37.0 Å². The van der Waals surface area contributed by atoms with Crippen molar-refractivity contribution in [2.45, 2.75) is 6.92 Å². The number of carbonyl (C=O) groups is 2. The lowest BCUT2D eigenvalue weighted by Crippen LogP contribution is -2.37. The quantitative estimate of drug-likeness (QED) is 0.872. The molecule has 2 aromatic carbocycles. The highest BCUT2D eigenvalue weighted by Crippen LogP contribution is 2.27. The summed E-state index contributed by atoms with van der Waals surface area (Å²) in [5.74, 6) is 0.262. The number of aryl methyl sites for hydroxylation is 1. The van der Waals surface area contributed by atoms with E-state index in [-0.39, 0.29) is 18.5 Å². The minimum absolute atomic E-state index is 0.00908. The molecule has 0 spiro atoms. The molecule has 136 valence electrons. The van der Waals surface area contributed by atoms with E-state index in [9.17, 15) is 9.59 Å². The molecular formula is C19H20ClN3O3. The van der Waals surface area contributed by atoms with Crippen LogP contribution in [0.15, 0.2) is 42.5 Å². The van der Waals surface area contributed by atoms with Gasteiger partial charge in [0.25, 0.3) is 0 Å². The number of nitrogens with zero attached hydrogens (tertiary/aromatic N) is 2. The van der Waals surface area contributed by atoms with Gasteiger partial charge in [-0.2, -0.15) is 0 Å². The molecule has 7 heteroatoms. The number of nitrogens with one attached hydrogen (secondary N) is 1. The van der Waals surface area contributed by atoms with Gasteiger partial charge in [-0.3, -0.25) is 9.69 Å². The first-order chi connectivity index (χ1) is 12.5. The minimum Gasteiger partial charge on any atom is -0.495 e. The minimum atomic E-state index is -0.273. The first kappa shape index (κ1) is 18.1. The lowest BCUT2D eigenvalue weighted by Gasteiger charge is -2.18. The zero-order chi connectivity index (χ0) is 18.7. The summed E-state index contributed by atoms with van der Waals surface area (Å²) >= 11 is 6.06. The van der Waals surface area contributed by atoms with Crippen molar-refractivity contribution >= 4 is 34.9 Å². The number of anilines is 2. The zero-order valence-corrected chi connectivity index (χ0v) is 15.4. The van der Waals surface area contributed by atoms with Crippen LogP contribution in [0.2, 0.25) is 5.02 Å². The first-order valence-corrected chi connectivity index (χ1v) is 8.62. The van der Waals surface area contributed by atoms with Gasteiger partial charge in [-0.1, -0.05) is 29.3 Å². The third kappa shape index (κ3) is 3.91. The van der Waals surface area contributed by atoms with E-state index >= 15 is 0 Å². The maximum atomic E-state index is 12.6. The lowest BCUT2D eigenvalue weighted by atomic mass is 10.2. The van der Waals surface area contributed by atoms with Gasteiger partial charge in [0.05, 0.1) is 12.1 Å². The van der Waals surface area contributed by atoms with Crippen molar-refractivity contribution in [1.29, 1.82) is 0 Å². The maximum absolute atomic E-state index is 12.6. The molecule has 0 radical (unpaired) electrons. The second-order valence-electron chi connectivity index (χ2n) is 6.09. The summed E-state index contributed by atoms with van der Waals surface area (Å²) in [6, 6.07) is 12.6. The molecule has 0 unspecified atom stereocenters. The van der Waals surface area contributed by atoms with Gasteiger partial charge >= 0.3 is 6.03 Å². The van der Waals surface area contributed by atoms with Crippen LogP contribution in [0.1, 0.15) is 5.56 Å². The highest BCUT2D eigenvalue weighted by Gasteiger charge is 2.30. The fourth-order valence-corrected chi connectivity index (χ4v) is 3.07. The van der Waals surface area contributed by atoms with Gasteiger partial charge in [-0.15, -0.1) is 0 Å². The van der Waals surface area contributed by atoms with Crippen LogP contribution in [0.3, 0.4) is 0 Å². The maximum Gasteiger partial charge on any atom is 0.325 e. The van der Waals surface area contributed by atoms with E-state index in [0.717, 1.165) is 11.3 Å². The summed E-state index contributed by atoms with van der Waals surface area (Å²) in [5, 5.41) is 3.16. The van der Waals surface area contributed by atoms with Gasteiger partial charge in [0.1, 0.15) is 12.3 Å². The molecule has 1 heterocycles. The van der Waals surface area contributed by atoms with Gasteiger partial charge in [-0.25, -0.2) is 4.79 Å². The zero-order valence-electron chi connectivity index (χ0n) is 14.7. The van der Waals surface area contributed by atoms with Gasteiger partial charge in [0.2, 0.25) is 5.91 Å². The van der Waals surface area contributed by atoms with Gasteiger partial charge in [0.15, 0.2) is 0 Å². The largest absolute Gasteiger partial charge is 0.495 e. The summed E-state index contributed by atoms with van der Waals surface area (Å²) < 4.78 is 5.08. The number of methoxy groups -OCH3 is 1. The number of urea groups is 1. The summed E-state index contributed by atoms with van der Waals surface area (Å²) in [7, 11) is 1.53. The van der Waals surface area contributed by atoms with Crippen molar-refractivity contribution in [2.24, 2.45) is 0 Å². The topological polar surface area (TPSA) is 61.9 Å². The molecule has 2 aromatic rings. The molecule has 1 aliphatic rings. The number of hydrogen-bond acceptors (Lipinski definition) is 3. The normalized spacial score (nSPS) is 13.9. The average Bonchev–Trinajstić information content (AvgIpc) is 2.96. The summed E-state index contributed by atoms with van der Waals surface area (Å²) in [6.45, 7) is 3.05. The molecule has 1 fully saturated rings. The molecule has 1 aliphatic heterocycles. The highest BCUT2D eigenvalue weighted by atomic mass is 35.5. The Morgan fingerprint density at radius 3 is 2.58 bits per heavy atom. The van der Waals surface area contributed by atoms with Gasteiger partial charge in [0, 0.05) is 24.5 Å². The van der Waals surface area contributed by atoms with Crippen LogP contribution in [-0.2, 0) is 4.79 Å². The smallest absolute Gasteiger partial charge is 0.325 e. The Kier molecular flexibility index (Phi) is 5.32. The Bertz CT molecular complexity index is 823. The van der Waals surface area contributed by atoms with Crippen LogP contribution in [-0.4, -0.2) is 43.6 Å². The fourth-order valence-electron chi connectivity index (χ4n) is 2.81. The molecule has 1 N–H and O–H groups in total. The lowest BCUT2D eigenvalue weighted by molar-refractivity contribution is -0.116. The van der Waals surface area contributed by atoms with Crippen LogP contribution in [0.25, 0.3) is 0 Å². The first-order valence-electron chi connectivity index (χ1n) is 8.24. The van der Waals surface area contributed by atoms with E-state index < -0.39 is 0 Å². The molecular weight excluding hydrogens is 354 g/mol. The molecule has 1 saturated heterocycles. The molecule has 6 nitrogen and oxygen atoms in total. The van der Waals surface area contributed by atoms with Crippen LogP contribution in [0, 0.1) is 6.92 Å². The Balaban J connectivity index is 1.60. The van der Waals surface area contributed by atoms with Crippen molar-refractivity contribution in [3.05, 3.63) is 53.1 Å². The van der Waals surface area contributed by atoms with E-state index in [1.165, 1.54) is 12.0 Å². The third-order valence-electron chi connectivity index (χ3n) is 4.21. The Morgan fingerprint density at radius 1 is 1.19 bits per heavy atom. The van der Waals surface area contributed by atoms with Crippen molar-refractivity contribution < 1.29 is 14.3 Å². The van der Waals surface area contributed by atoms with Crippen molar-refractivity contribution in [3.8, 4) is 5.75 Å². The number of hydrogen-bond donors (Lipinski definition) is 1. The average molecular weight is 374 g/mol. The van der Waals surface area contributed by atoms with Crippen LogP contribution in [0.4, 0.5) is 16.2 Å². The fraction of sp³-hybridized carbons (Fsp3) is 0.263. The van der Waals surface area contributed by atoms with Gasteiger partial charge < -0.3 is 15.0 Å². The molecule has 0 atom stereocenters. The number of ether oxygens (including phenoxy) is 1. The number of amides is 3. The monoisotopic (exact) mass is 373 g/mol. The van der Waals surface area contributed by atoms with Crippen LogP contribution in [0.5, 0.6) is 5.75 Å². The van der Waals surface area contributed by atoms with E-state index in [2.05, 4.69) is 5.32 Å². The summed E-state index contributed by atoms with van der Waals surface area (Å²) in [4.78, 5) is 28.0. The third-order valence-corrected chi connectivity index (χ3v) is 4.51. The van der Waals surface area contributed by atoms with E-state index in [1.807, 2.05) is 31.2 Å².